The van der Waals surface area contributed by atoms with Crippen LogP contribution in [0.5, 0.6) is 0 Å². The van der Waals surface area contributed by atoms with E-state index in [2.05, 4.69) is 127 Å². The lowest BCUT2D eigenvalue weighted by Gasteiger charge is -2.14. The zero-order valence-corrected chi connectivity index (χ0v) is 27.5. The molecule has 0 amide bonds. The molecule has 2 aromatic heterocycles. The predicted molar refractivity (Wildman–Crippen MR) is 209 cm³/mol. The lowest BCUT2D eigenvalue weighted by molar-refractivity contribution is 0.669. The van der Waals surface area contributed by atoms with E-state index in [1.165, 1.54) is 16.3 Å². The van der Waals surface area contributed by atoms with Gasteiger partial charge in [0.2, 0.25) is 0 Å². The molecule has 0 N–H and O–H groups in total. The number of fused-ring (bicyclic) bond motifs is 5. The SMILES string of the molecule is c1ccc(-c2nc(-c3ccc(-c4ccc5ccccc5c4)cc3)nc(-c3cc4ccccc4cc3-c3ccc4c(c3)oc3ccccc34)n2)cc1. The summed E-state index contributed by atoms with van der Waals surface area (Å²) in [7, 11) is 0. The van der Waals surface area contributed by atoms with Crippen LogP contribution in [0.25, 0.3) is 99.9 Å². The molecular weight excluding hydrogens is 623 g/mol. The molecule has 10 rings (SSSR count). The average Bonchev–Trinajstić information content (AvgIpc) is 3.58. The summed E-state index contributed by atoms with van der Waals surface area (Å²) in [5, 5.41) is 6.91. The van der Waals surface area contributed by atoms with Gasteiger partial charge in [0.05, 0.1) is 0 Å². The maximum absolute atomic E-state index is 6.32. The van der Waals surface area contributed by atoms with Crippen molar-refractivity contribution in [1.29, 1.82) is 0 Å². The minimum Gasteiger partial charge on any atom is -0.456 e. The molecule has 0 aliphatic carbocycles. The summed E-state index contributed by atoms with van der Waals surface area (Å²) in [5.41, 5.74) is 8.88. The van der Waals surface area contributed by atoms with Crippen LogP contribution in [0.15, 0.2) is 180 Å². The molecule has 0 saturated heterocycles. The van der Waals surface area contributed by atoms with E-state index in [0.29, 0.717) is 17.5 Å². The highest BCUT2D eigenvalue weighted by molar-refractivity contribution is 6.06. The van der Waals surface area contributed by atoms with Crippen molar-refractivity contribution in [3.8, 4) is 56.4 Å². The molecule has 2 heterocycles. The summed E-state index contributed by atoms with van der Waals surface area (Å²) in [6.45, 7) is 0. The van der Waals surface area contributed by atoms with Crippen LogP contribution >= 0.6 is 0 Å². The van der Waals surface area contributed by atoms with Crippen LogP contribution in [0.4, 0.5) is 0 Å². The Balaban J connectivity index is 1.14. The van der Waals surface area contributed by atoms with Crippen LogP contribution in [0.3, 0.4) is 0 Å². The van der Waals surface area contributed by atoms with Crippen molar-refractivity contribution in [3.05, 3.63) is 176 Å². The van der Waals surface area contributed by atoms with Gasteiger partial charge in [0.1, 0.15) is 11.2 Å². The Hall–Kier alpha value is -6.91. The molecule has 0 spiro atoms. The molecule has 0 atom stereocenters. The first kappa shape index (κ1) is 29.0. The summed E-state index contributed by atoms with van der Waals surface area (Å²) in [6.07, 6.45) is 0. The second-order valence-corrected chi connectivity index (χ2v) is 12.9. The Labute approximate surface area is 294 Å². The van der Waals surface area contributed by atoms with Crippen LogP contribution in [0.1, 0.15) is 0 Å². The van der Waals surface area contributed by atoms with Gasteiger partial charge in [-0.25, -0.2) is 15.0 Å². The molecule has 238 valence electrons. The number of para-hydroxylation sites is 1. The highest BCUT2D eigenvalue weighted by atomic mass is 16.3. The van der Waals surface area contributed by atoms with Gasteiger partial charge < -0.3 is 4.42 Å². The van der Waals surface area contributed by atoms with Gasteiger partial charge in [0.15, 0.2) is 17.5 Å². The molecule has 4 nitrogen and oxygen atoms in total. The second-order valence-electron chi connectivity index (χ2n) is 12.9. The number of aromatic nitrogens is 3. The van der Waals surface area contributed by atoms with Gasteiger partial charge in [-0.05, 0) is 80.2 Å². The molecule has 10 aromatic rings. The van der Waals surface area contributed by atoms with Crippen molar-refractivity contribution in [2.75, 3.05) is 0 Å². The highest BCUT2D eigenvalue weighted by Gasteiger charge is 2.18. The van der Waals surface area contributed by atoms with Crippen molar-refractivity contribution in [1.82, 2.24) is 15.0 Å². The van der Waals surface area contributed by atoms with Crippen molar-refractivity contribution < 1.29 is 4.42 Å². The number of hydrogen-bond donors (Lipinski definition) is 0. The first-order valence-corrected chi connectivity index (χ1v) is 17.1. The van der Waals surface area contributed by atoms with Crippen LogP contribution in [-0.4, -0.2) is 15.0 Å². The third-order valence-corrected chi connectivity index (χ3v) is 9.71. The van der Waals surface area contributed by atoms with E-state index in [1.807, 2.05) is 48.5 Å². The normalized spacial score (nSPS) is 11.5. The number of hydrogen-bond acceptors (Lipinski definition) is 4. The second kappa shape index (κ2) is 11.9. The van der Waals surface area contributed by atoms with Crippen LogP contribution in [0.2, 0.25) is 0 Å². The first-order chi connectivity index (χ1) is 25.2. The molecule has 4 heteroatoms. The summed E-state index contributed by atoms with van der Waals surface area (Å²) in [4.78, 5) is 15.4. The maximum Gasteiger partial charge on any atom is 0.164 e. The molecule has 8 aromatic carbocycles. The Morgan fingerprint density at radius 3 is 1.59 bits per heavy atom. The molecule has 0 saturated carbocycles. The first-order valence-electron chi connectivity index (χ1n) is 17.1. The van der Waals surface area contributed by atoms with Gasteiger partial charge >= 0.3 is 0 Å². The van der Waals surface area contributed by atoms with Gasteiger partial charge in [-0.15, -0.1) is 0 Å². The summed E-state index contributed by atoms with van der Waals surface area (Å²) < 4.78 is 6.32. The molecule has 51 heavy (non-hydrogen) atoms. The van der Waals surface area contributed by atoms with Crippen molar-refractivity contribution in [2.24, 2.45) is 0 Å². The Kier molecular flexibility index (Phi) is 6.78. The van der Waals surface area contributed by atoms with Gasteiger partial charge in [-0.3, -0.25) is 0 Å². The summed E-state index contributed by atoms with van der Waals surface area (Å²) in [5.74, 6) is 1.86. The molecular formula is C47H29N3O. The standard InChI is InChI=1S/C47H29N3O/c1-2-11-32(12-3-1)45-48-46(33-21-18-31(19-22-33)37-23-20-30-10-4-5-13-34(30)26-37)50-47(49-45)42-28-36-15-7-6-14-35(36)27-41(42)38-24-25-40-39-16-8-9-17-43(39)51-44(40)29-38/h1-29H. The van der Waals surface area contributed by atoms with Crippen LogP contribution in [-0.2, 0) is 0 Å². The number of benzene rings is 8. The Morgan fingerprint density at radius 1 is 0.294 bits per heavy atom. The Morgan fingerprint density at radius 2 is 0.824 bits per heavy atom. The minimum absolute atomic E-state index is 0.614. The van der Waals surface area contributed by atoms with Crippen LogP contribution in [0, 0.1) is 0 Å². The highest BCUT2D eigenvalue weighted by Crippen LogP contribution is 2.39. The quantitative estimate of drug-likeness (QED) is 0.186. The van der Waals surface area contributed by atoms with Crippen LogP contribution < -0.4 is 0 Å². The van der Waals surface area contributed by atoms with Crippen molar-refractivity contribution in [3.63, 3.8) is 0 Å². The van der Waals surface area contributed by atoms with Gasteiger partial charge in [-0.2, -0.15) is 0 Å². The maximum atomic E-state index is 6.32. The van der Waals surface area contributed by atoms with E-state index in [0.717, 1.165) is 66.1 Å². The fourth-order valence-electron chi connectivity index (χ4n) is 7.08. The fraction of sp³-hybridized carbons (Fsp3) is 0. The molecule has 0 fully saturated rings. The number of rotatable bonds is 5. The minimum atomic E-state index is 0.614. The third-order valence-electron chi connectivity index (χ3n) is 9.71. The van der Waals surface area contributed by atoms with E-state index in [-0.39, 0.29) is 0 Å². The predicted octanol–water partition coefficient (Wildman–Crippen LogP) is 12.4. The Bertz CT molecular complexity index is 2910. The largest absolute Gasteiger partial charge is 0.456 e. The molecule has 0 aliphatic rings. The van der Waals surface area contributed by atoms with E-state index in [4.69, 9.17) is 19.4 Å². The van der Waals surface area contributed by atoms with Gasteiger partial charge in [0.25, 0.3) is 0 Å². The van der Waals surface area contributed by atoms with Crippen molar-refractivity contribution in [2.45, 2.75) is 0 Å². The number of nitrogens with zero attached hydrogens (tertiary/aromatic N) is 3. The van der Waals surface area contributed by atoms with Gasteiger partial charge in [-0.1, -0.05) is 140 Å². The molecule has 0 unspecified atom stereocenters. The topological polar surface area (TPSA) is 51.8 Å². The average molecular weight is 652 g/mol. The fourth-order valence-corrected chi connectivity index (χ4v) is 7.08. The summed E-state index contributed by atoms with van der Waals surface area (Å²) >= 11 is 0. The van der Waals surface area contributed by atoms with Gasteiger partial charge in [0, 0.05) is 27.5 Å². The number of furan rings is 1. The monoisotopic (exact) mass is 651 g/mol. The van der Waals surface area contributed by atoms with E-state index in [9.17, 15) is 0 Å². The zero-order chi connectivity index (χ0) is 33.7. The smallest absolute Gasteiger partial charge is 0.164 e. The summed E-state index contributed by atoms with van der Waals surface area (Å²) in [6, 6.07) is 61.2. The molecule has 0 bridgehead atoms. The molecule has 0 aliphatic heterocycles. The third kappa shape index (κ3) is 5.22. The van der Waals surface area contributed by atoms with E-state index < -0.39 is 0 Å². The van der Waals surface area contributed by atoms with E-state index >= 15 is 0 Å². The lowest BCUT2D eigenvalue weighted by Crippen LogP contribution is -2.01. The lowest BCUT2D eigenvalue weighted by atomic mass is 9.94. The van der Waals surface area contributed by atoms with Crippen molar-refractivity contribution >= 4 is 43.5 Å². The van der Waals surface area contributed by atoms with E-state index in [1.54, 1.807) is 0 Å². The molecule has 0 radical (unpaired) electrons. The zero-order valence-electron chi connectivity index (χ0n) is 27.5.